The smallest absolute Gasteiger partial charge is 0.331 e. The Hall–Kier alpha value is -1.59. The third kappa shape index (κ3) is 2.32. The predicted octanol–water partition coefficient (Wildman–Crippen LogP) is 1.13. The van der Waals surface area contributed by atoms with E-state index in [-0.39, 0.29) is 6.04 Å². The number of rotatable bonds is 4. The second kappa shape index (κ2) is 4.96. The van der Waals surface area contributed by atoms with Crippen LogP contribution in [-0.4, -0.2) is 14.7 Å². The van der Waals surface area contributed by atoms with E-state index >= 15 is 0 Å². The van der Waals surface area contributed by atoms with Gasteiger partial charge in [-0.05, 0) is 13.3 Å². The number of aromatic hydroxyl groups is 1. The molecule has 0 saturated carbocycles. The minimum absolute atomic E-state index is 0.348. The first-order valence-electron chi connectivity index (χ1n) is 5.22. The fourth-order valence-electron chi connectivity index (χ4n) is 1.55. The highest BCUT2D eigenvalue weighted by Gasteiger charge is 2.17. The molecule has 1 heterocycles. The topological polar surface area (TPSA) is 75.1 Å². The van der Waals surface area contributed by atoms with Gasteiger partial charge < -0.3 is 5.11 Å². The van der Waals surface area contributed by atoms with Crippen molar-refractivity contribution in [3.63, 3.8) is 0 Å². The van der Waals surface area contributed by atoms with Crippen LogP contribution in [0.25, 0.3) is 0 Å². The lowest BCUT2D eigenvalue weighted by molar-refractivity contribution is 0.328. The van der Waals surface area contributed by atoms with E-state index in [1.165, 1.54) is 0 Å². The fourth-order valence-corrected chi connectivity index (χ4v) is 1.55. The maximum Gasteiger partial charge on any atom is 0.331 e. The summed E-state index contributed by atoms with van der Waals surface area (Å²) in [7, 11) is 0. The molecule has 0 aliphatic heterocycles. The third-order valence-electron chi connectivity index (χ3n) is 2.48. The Kier molecular flexibility index (Phi) is 3.87. The van der Waals surface area contributed by atoms with Crippen molar-refractivity contribution >= 4 is 0 Å². The summed E-state index contributed by atoms with van der Waals surface area (Å²) in [5, 5.41) is 9.40. The molecule has 90 valence electrons. The van der Waals surface area contributed by atoms with Gasteiger partial charge in [0.25, 0.3) is 5.56 Å². The number of unbranched alkanes of at least 4 members (excludes halogenated alkanes) is 1. The van der Waals surface area contributed by atoms with E-state index in [0.717, 1.165) is 17.4 Å². The molecule has 0 spiro atoms. The summed E-state index contributed by atoms with van der Waals surface area (Å²) in [6.45, 7) is 3.68. The van der Waals surface area contributed by atoms with Crippen LogP contribution in [0.1, 0.15) is 39.2 Å². The molecule has 0 aromatic carbocycles. The lowest BCUT2D eigenvalue weighted by atomic mass is 10.1. The van der Waals surface area contributed by atoms with Gasteiger partial charge >= 0.3 is 5.69 Å². The first-order valence-corrected chi connectivity index (χ1v) is 5.22. The zero-order valence-electron chi connectivity index (χ0n) is 9.29. The Labute approximate surface area is 91.6 Å². The van der Waals surface area contributed by atoms with E-state index in [0.29, 0.717) is 6.42 Å². The molecule has 0 amide bonds. The van der Waals surface area contributed by atoms with Gasteiger partial charge in [0.05, 0.1) is 0 Å². The van der Waals surface area contributed by atoms with Gasteiger partial charge in [0.15, 0.2) is 0 Å². The van der Waals surface area contributed by atoms with Gasteiger partial charge in [-0.2, -0.15) is 4.39 Å². The van der Waals surface area contributed by atoms with E-state index < -0.39 is 22.9 Å². The molecule has 0 aliphatic carbocycles. The minimum Gasteiger partial charge on any atom is -0.492 e. The number of aromatic nitrogens is 2. The fraction of sp³-hybridized carbons (Fsp3) is 0.600. The van der Waals surface area contributed by atoms with Crippen LogP contribution in [0.3, 0.4) is 0 Å². The molecule has 16 heavy (non-hydrogen) atoms. The summed E-state index contributed by atoms with van der Waals surface area (Å²) in [4.78, 5) is 24.1. The molecule has 1 unspecified atom stereocenters. The van der Waals surface area contributed by atoms with Crippen molar-refractivity contribution in [1.82, 2.24) is 9.55 Å². The summed E-state index contributed by atoms with van der Waals surface area (Å²) in [5.41, 5.74) is -1.98. The molecular formula is C10H15FN2O3. The van der Waals surface area contributed by atoms with Gasteiger partial charge in [0.1, 0.15) is 0 Å². The van der Waals surface area contributed by atoms with Crippen LogP contribution in [0, 0.1) is 5.82 Å². The summed E-state index contributed by atoms with van der Waals surface area (Å²) in [5.74, 6) is -2.21. The Balaban J connectivity index is 3.18. The van der Waals surface area contributed by atoms with Gasteiger partial charge in [-0.1, -0.05) is 19.8 Å². The Morgan fingerprint density at radius 2 is 2.12 bits per heavy atom. The second-order valence-corrected chi connectivity index (χ2v) is 3.76. The summed E-state index contributed by atoms with van der Waals surface area (Å²) >= 11 is 0. The molecule has 0 radical (unpaired) electrons. The van der Waals surface area contributed by atoms with E-state index in [4.69, 9.17) is 0 Å². The third-order valence-corrected chi connectivity index (χ3v) is 2.48. The largest absolute Gasteiger partial charge is 0.492 e. The molecule has 1 atom stereocenters. The average Bonchev–Trinajstić information content (AvgIpc) is 2.23. The Morgan fingerprint density at radius 1 is 1.50 bits per heavy atom. The van der Waals surface area contributed by atoms with Gasteiger partial charge in [0, 0.05) is 6.04 Å². The van der Waals surface area contributed by atoms with E-state index in [9.17, 15) is 19.1 Å². The van der Waals surface area contributed by atoms with Crippen LogP contribution in [-0.2, 0) is 0 Å². The lowest BCUT2D eigenvalue weighted by Gasteiger charge is -2.15. The molecule has 1 aromatic rings. The maximum atomic E-state index is 13.1. The van der Waals surface area contributed by atoms with Crippen LogP contribution in [0.4, 0.5) is 4.39 Å². The van der Waals surface area contributed by atoms with Crippen molar-refractivity contribution in [2.75, 3.05) is 0 Å². The predicted molar refractivity (Wildman–Crippen MR) is 57.2 cm³/mol. The van der Waals surface area contributed by atoms with Crippen LogP contribution < -0.4 is 11.2 Å². The first-order chi connectivity index (χ1) is 7.49. The van der Waals surface area contributed by atoms with Crippen molar-refractivity contribution in [2.24, 2.45) is 0 Å². The molecule has 0 saturated heterocycles. The summed E-state index contributed by atoms with van der Waals surface area (Å²) < 4.78 is 14.0. The van der Waals surface area contributed by atoms with Gasteiger partial charge in [0.2, 0.25) is 11.7 Å². The van der Waals surface area contributed by atoms with Crippen molar-refractivity contribution in [2.45, 2.75) is 39.2 Å². The van der Waals surface area contributed by atoms with Gasteiger partial charge in [-0.15, -0.1) is 0 Å². The zero-order valence-corrected chi connectivity index (χ0v) is 9.29. The molecule has 1 aromatic heterocycles. The molecule has 2 N–H and O–H groups in total. The van der Waals surface area contributed by atoms with E-state index in [1.54, 1.807) is 6.92 Å². The highest BCUT2D eigenvalue weighted by Crippen LogP contribution is 2.18. The molecule has 1 rings (SSSR count). The number of hydrogen-bond donors (Lipinski definition) is 2. The van der Waals surface area contributed by atoms with Crippen LogP contribution in [0.2, 0.25) is 0 Å². The second-order valence-electron chi connectivity index (χ2n) is 3.76. The Morgan fingerprint density at radius 3 is 2.69 bits per heavy atom. The number of H-pyrrole nitrogens is 1. The molecule has 5 nitrogen and oxygen atoms in total. The van der Waals surface area contributed by atoms with Crippen molar-refractivity contribution < 1.29 is 9.50 Å². The van der Waals surface area contributed by atoms with E-state index in [1.807, 2.05) is 11.9 Å². The van der Waals surface area contributed by atoms with E-state index in [2.05, 4.69) is 0 Å². The molecule has 6 heteroatoms. The van der Waals surface area contributed by atoms with Crippen LogP contribution in [0.5, 0.6) is 5.88 Å². The molecular weight excluding hydrogens is 215 g/mol. The average molecular weight is 230 g/mol. The zero-order chi connectivity index (χ0) is 12.3. The standard InChI is InChI=1S/C10H15FN2O3/c1-3-4-5-6(2)13-9(15)7(11)8(14)12-10(13)16/h6,15H,3-5H2,1-2H3,(H,12,14,16). The van der Waals surface area contributed by atoms with Crippen LogP contribution in [0.15, 0.2) is 9.59 Å². The minimum atomic E-state index is -1.32. The molecule has 0 fully saturated rings. The lowest BCUT2D eigenvalue weighted by Crippen LogP contribution is -2.33. The first kappa shape index (κ1) is 12.5. The number of halogens is 1. The number of nitrogens with zero attached hydrogens (tertiary/aromatic N) is 1. The highest BCUT2D eigenvalue weighted by atomic mass is 19.1. The highest BCUT2D eigenvalue weighted by molar-refractivity contribution is 5.10. The number of aromatic amines is 1. The maximum absolute atomic E-state index is 13.1. The number of hydrogen-bond acceptors (Lipinski definition) is 3. The Bertz CT molecular complexity index is 478. The monoisotopic (exact) mass is 230 g/mol. The quantitative estimate of drug-likeness (QED) is 0.814. The summed E-state index contributed by atoms with van der Waals surface area (Å²) in [6, 6.07) is -0.348. The molecule has 0 bridgehead atoms. The number of nitrogens with one attached hydrogen (secondary N) is 1. The van der Waals surface area contributed by atoms with Crippen LogP contribution >= 0.6 is 0 Å². The van der Waals surface area contributed by atoms with Crippen molar-refractivity contribution in [1.29, 1.82) is 0 Å². The SMILES string of the molecule is CCCCC(C)n1c(O)c(F)c(=O)[nH]c1=O. The van der Waals surface area contributed by atoms with Gasteiger partial charge in [-0.3, -0.25) is 14.3 Å². The normalized spacial score (nSPS) is 12.7. The molecule has 0 aliphatic rings. The van der Waals surface area contributed by atoms with Crippen molar-refractivity contribution in [3.05, 3.63) is 26.7 Å². The van der Waals surface area contributed by atoms with Gasteiger partial charge in [-0.25, -0.2) is 4.79 Å². The van der Waals surface area contributed by atoms with Crippen molar-refractivity contribution in [3.8, 4) is 5.88 Å². The summed E-state index contributed by atoms with van der Waals surface area (Å²) in [6.07, 6.45) is 2.43.